The van der Waals surface area contributed by atoms with E-state index in [0.29, 0.717) is 0 Å². The second-order valence-electron chi connectivity index (χ2n) is 3.09. The number of methoxy groups -OCH3 is 1. The maximum atomic E-state index is 7.61. The number of anilines is 1. The Morgan fingerprint density at radius 3 is 2.71 bits per heavy atom. The van der Waals surface area contributed by atoms with Crippen LogP contribution >= 0.6 is 0 Å². The van der Waals surface area contributed by atoms with Crippen LogP contribution in [-0.4, -0.2) is 19.7 Å². The molecular weight excluding hydrogens is 176 g/mol. The van der Waals surface area contributed by atoms with Crippen molar-refractivity contribution < 1.29 is 4.74 Å². The predicted molar refractivity (Wildman–Crippen MR) is 58.9 cm³/mol. The van der Waals surface area contributed by atoms with Crippen LogP contribution in [-0.2, 0) is 4.74 Å². The van der Waals surface area contributed by atoms with Gasteiger partial charge < -0.3 is 4.74 Å². The van der Waals surface area contributed by atoms with E-state index >= 15 is 0 Å². The van der Waals surface area contributed by atoms with Crippen molar-refractivity contribution in [3.63, 3.8) is 0 Å². The Hall–Kier alpha value is -1.51. The molecule has 3 nitrogen and oxygen atoms in total. The molecule has 0 unspecified atom stereocenters. The Balaban J connectivity index is 2.94. The first-order chi connectivity index (χ1) is 6.69. The van der Waals surface area contributed by atoms with E-state index in [-0.39, 0.29) is 6.02 Å². The molecule has 0 bridgehead atoms. The van der Waals surface area contributed by atoms with E-state index < -0.39 is 0 Å². The molecule has 0 aliphatic carbocycles. The number of amidine groups is 1. The Morgan fingerprint density at radius 1 is 1.50 bits per heavy atom. The van der Waals surface area contributed by atoms with Gasteiger partial charge >= 0.3 is 0 Å². The minimum Gasteiger partial charge on any atom is -0.468 e. The first-order valence-electron chi connectivity index (χ1n) is 4.65. The Labute approximate surface area is 84.8 Å². The molecule has 14 heavy (non-hydrogen) atoms. The molecule has 0 atom stereocenters. The second kappa shape index (κ2) is 4.65. The number of hydrogen-bond acceptors (Lipinski definition) is 2. The van der Waals surface area contributed by atoms with Crippen molar-refractivity contribution in [2.24, 2.45) is 0 Å². The van der Waals surface area contributed by atoms with E-state index in [1.807, 2.05) is 43.0 Å². The molecule has 0 aliphatic rings. The summed E-state index contributed by atoms with van der Waals surface area (Å²) < 4.78 is 4.91. The zero-order chi connectivity index (χ0) is 10.6. The summed E-state index contributed by atoms with van der Waals surface area (Å²) in [5.41, 5.74) is 2.18. The van der Waals surface area contributed by atoms with Crippen LogP contribution in [0, 0.1) is 12.3 Å². The average molecular weight is 192 g/mol. The molecule has 3 heteroatoms. The van der Waals surface area contributed by atoms with Crippen LogP contribution in [0.15, 0.2) is 24.3 Å². The Morgan fingerprint density at radius 2 is 2.21 bits per heavy atom. The molecule has 1 rings (SSSR count). The van der Waals surface area contributed by atoms with Crippen LogP contribution in [0.25, 0.3) is 0 Å². The number of rotatable bonds is 2. The zero-order valence-electron chi connectivity index (χ0n) is 8.87. The summed E-state index contributed by atoms with van der Waals surface area (Å²) >= 11 is 0. The fourth-order valence-electron chi connectivity index (χ4n) is 1.35. The molecule has 0 fully saturated rings. The van der Waals surface area contributed by atoms with Crippen molar-refractivity contribution in [2.75, 3.05) is 18.6 Å². The number of ether oxygens (including phenoxy) is 1. The predicted octanol–water partition coefficient (Wildman–Crippen LogP) is 2.40. The number of benzene rings is 1. The van der Waals surface area contributed by atoms with Gasteiger partial charge in [-0.1, -0.05) is 12.1 Å². The van der Waals surface area contributed by atoms with Gasteiger partial charge in [-0.25, -0.2) is 0 Å². The largest absolute Gasteiger partial charge is 0.468 e. The molecule has 0 saturated carbocycles. The van der Waals surface area contributed by atoms with E-state index in [4.69, 9.17) is 10.1 Å². The van der Waals surface area contributed by atoms with E-state index in [1.54, 1.807) is 0 Å². The molecule has 1 aromatic rings. The SMILES string of the molecule is CCN(C(=N)OC)c1cccc(C)c1. The van der Waals surface area contributed by atoms with E-state index in [0.717, 1.165) is 12.2 Å². The lowest BCUT2D eigenvalue weighted by Crippen LogP contribution is -2.31. The summed E-state index contributed by atoms with van der Waals surface area (Å²) in [7, 11) is 1.51. The molecule has 0 saturated heterocycles. The smallest absolute Gasteiger partial charge is 0.288 e. The summed E-state index contributed by atoms with van der Waals surface area (Å²) in [5, 5.41) is 7.61. The fraction of sp³-hybridized carbons (Fsp3) is 0.364. The van der Waals surface area contributed by atoms with Crippen LogP contribution in [0.1, 0.15) is 12.5 Å². The molecule has 0 spiro atoms. The third kappa shape index (κ3) is 2.25. The normalized spacial score (nSPS) is 9.64. The van der Waals surface area contributed by atoms with Crippen molar-refractivity contribution in [2.45, 2.75) is 13.8 Å². The highest BCUT2D eigenvalue weighted by atomic mass is 16.5. The van der Waals surface area contributed by atoms with Gasteiger partial charge in [0.05, 0.1) is 7.11 Å². The van der Waals surface area contributed by atoms with Gasteiger partial charge in [-0.3, -0.25) is 10.3 Å². The van der Waals surface area contributed by atoms with Gasteiger partial charge in [0, 0.05) is 12.2 Å². The van der Waals surface area contributed by atoms with Crippen molar-refractivity contribution in [1.29, 1.82) is 5.41 Å². The zero-order valence-corrected chi connectivity index (χ0v) is 8.87. The number of hydrogen-bond donors (Lipinski definition) is 1. The highest BCUT2D eigenvalue weighted by Crippen LogP contribution is 2.15. The lowest BCUT2D eigenvalue weighted by atomic mass is 10.2. The van der Waals surface area contributed by atoms with E-state index in [2.05, 4.69) is 0 Å². The van der Waals surface area contributed by atoms with Crippen LogP contribution in [0.4, 0.5) is 5.69 Å². The summed E-state index contributed by atoms with van der Waals surface area (Å²) in [6.45, 7) is 4.76. The summed E-state index contributed by atoms with van der Waals surface area (Å²) in [4.78, 5) is 1.81. The standard InChI is InChI=1S/C11H16N2O/c1-4-13(11(12)14-3)10-7-5-6-9(2)8-10/h5-8,12H,4H2,1-3H3. The summed E-state index contributed by atoms with van der Waals surface area (Å²) in [6, 6.07) is 8.21. The third-order valence-electron chi connectivity index (χ3n) is 2.07. The molecule has 0 heterocycles. The number of nitrogens with one attached hydrogen (secondary N) is 1. The number of aryl methyl sites for hydroxylation is 1. The van der Waals surface area contributed by atoms with Crippen molar-refractivity contribution in [3.05, 3.63) is 29.8 Å². The van der Waals surface area contributed by atoms with Crippen LogP contribution in [0.5, 0.6) is 0 Å². The van der Waals surface area contributed by atoms with E-state index in [9.17, 15) is 0 Å². The highest BCUT2D eigenvalue weighted by molar-refractivity contribution is 5.89. The van der Waals surface area contributed by atoms with Crippen molar-refractivity contribution in [3.8, 4) is 0 Å². The van der Waals surface area contributed by atoms with Crippen LogP contribution in [0.2, 0.25) is 0 Å². The first-order valence-corrected chi connectivity index (χ1v) is 4.65. The van der Waals surface area contributed by atoms with Crippen LogP contribution < -0.4 is 4.90 Å². The highest BCUT2D eigenvalue weighted by Gasteiger charge is 2.09. The van der Waals surface area contributed by atoms with Gasteiger partial charge in [-0.2, -0.15) is 0 Å². The van der Waals surface area contributed by atoms with Gasteiger partial charge in [-0.05, 0) is 31.5 Å². The fourth-order valence-corrected chi connectivity index (χ4v) is 1.35. The topological polar surface area (TPSA) is 36.3 Å². The van der Waals surface area contributed by atoms with Crippen molar-refractivity contribution in [1.82, 2.24) is 0 Å². The lowest BCUT2D eigenvalue weighted by molar-refractivity contribution is 0.387. The molecule has 0 aliphatic heterocycles. The maximum absolute atomic E-state index is 7.61. The van der Waals surface area contributed by atoms with Gasteiger partial charge in [0.2, 0.25) is 0 Å². The quantitative estimate of drug-likeness (QED) is 0.577. The average Bonchev–Trinajstić information content (AvgIpc) is 2.19. The molecule has 0 aromatic heterocycles. The Kier molecular flexibility index (Phi) is 3.51. The molecule has 76 valence electrons. The summed E-state index contributed by atoms with van der Waals surface area (Å²) in [6.07, 6.45) is 0. The van der Waals surface area contributed by atoms with Gasteiger partial charge in [0.15, 0.2) is 0 Å². The number of nitrogens with zero attached hydrogens (tertiary/aromatic N) is 1. The second-order valence-corrected chi connectivity index (χ2v) is 3.09. The molecule has 0 radical (unpaired) electrons. The Bertz CT molecular complexity index is 323. The maximum Gasteiger partial charge on any atom is 0.288 e. The minimum absolute atomic E-state index is 0.179. The minimum atomic E-state index is 0.179. The van der Waals surface area contributed by atoms with Crippen LogP contribution in [0.3, 0.4) is 0 Å². The van der Waals surface area contributed by atoms with Gasteiger partial charge in [-0.15, -0.1) is 0 Å². The molecular formula is C11H16N2O. The first kappa shape index (κ1) is 10.6. The third-order valence-corrected chi connectivity index (χ3v) is 2.07. The lowest BCUT2D eigenvalue weighted by Gasteiger charge is -2.22. The molecule has 0 amide bonds. The van der Waals surface area contributed by atoms with Gasteiger partial charge in [0.1, 0.15) is 0 Å². The summed E-state index contributed by atoms with van der Waals surface area (Å²) in [5.74, 6) is 0. The van der Waals surface area contributed by atoms with Gasteiger partial charge in [0.25, 0.3) is 6.02 Å². The van der Waals surface area contributed by atoms with Crippen molar-refractivity contribution >= 4 is 11.7 Å². The monoisotopic (exact) mass is 192 g/mol. The van der Waals surface area contributed by atoms with E-state index in [1.165, 1.54) is 12.7 Å². The molecule has 1 aromatic carbocycles. The molecule has 1 N–H and O–H groups in total.